The van der Waals surface area contributed by atoms with E-state index >= 15 is 0 Å². The summed E-state index contributed by atoms with van der Waals surface area (Å²) in [6.07, 6.45) is 1.20. The van der Waals surface area contributed by atoms with Crippen molar-refractivity contribution in [1.82, 2.24) is 5.32 Å². The summed E-state index contributed by atoms with van der Waals surface area (Å²) in [6.45, 7) is 3.64. The Kier molecular flexibility index (Phi) is 3.38. The van der Waals surface area contributed by atoms with Gasteiger partial charge in [0.05, 0.1) is 6.10 Å². The van der Waals surface area contributed by atoms with Crippen molar-refractivity contribution in [1.29, 1.82) is 0 Å². The van der Waals surface area contributed by atoms with Crippen LogP contribution in [0.5, 0.6) is 0 Å². The average molecular weight is 303 g/mol. The Morgan fingerprint density at radius 1 is 1.18 bits per heavy atom. The molecule has 0 bridgehead atoms. The molecular weight excluding hydrogens is 282 g/mol. The molecule has 1 aliphatic carbocycles. The van der Waals surface area contributed by atoms with Gasteiger partial charge in [0.2, 0.25) is 11.4 Å². The van der Waals surface area contributed by atoms with Crippen LogP contribution in [0, 0.1) is 13.8 Å². The first-order chi connectivity index (χ1) is 10.3. The number of hydrogen-bond acceptors (Lipinski definition) is 4. The molecular formula is C17H21NO4. The number of hydrogen-bond donors (Lipinski definition) is 3. The maximum absolute atomic E-state index is 13.0. The van der Waals surface area contributed by atoms with Crippen LogP contribution in [0.3, 0.4) is 0 Å². The van der Waals surface area contributed by atoms with Crippen molar-refractivity contribution in [3.63, 3.8) is 0 Å². The monoisotopic (exact) mass is 303 g/mol. The molecule has 22 heavy (non-hydrogen) atoms. The van der Waals surface area contributed by atoms with E-state index in [4.69, 9.17) is 0 Å². The second-order valence-electron chi connectivity index (χ2n) is 6.63. The second kappa shape index (κ2) is 4.89. The zero-order valence-electron chi connectivity index (χ0n) is 12.8. The highest BCUT2D eigenvalue weighted by molar-refractivity contribution is 6.20. The number of aryl methyl sites for hydroxylation is 2. The minimum absolute atomic E-state index is 0.359. The van der Waals surface area contributed by atoms with Crippen molar-refractivity contribution in [2.75, 3.05) is 0 Å². The Labute approximate surface area is 129 Å². The molecule has 3 rings (SSSR count). The molecule has 118 valence electrons. The van der Waals surface area contributed by atoms with Crippen molar-refractivity contribution in [3.8, 4) is 0 Å². The van der Waals surface area contributed by atoms with E-state index in [1.54, 1.807) is 19.1 Å². The van der Waals surface area contributed by atoms with Gasteiger partial charge in [-0.25, -0.2) is 0 Å². The predicted octanol–water partition coefficient (Wildman–Crippen LogP) is 0.864. The summed E-state index contributed by atoms with van der Waals surface area (Å²) in [7, 11) is 0. The lowest BCUT2D eigenvalue weighted by Crippen LogP contribution is -2.51. The first kappa shape index (κ1) is 15.2. The highest BCUT2D eigenvalue weighted by Gasteiger charge is 2.63. The van der Waals surface area contributed by atoms with Gasteiger partial charge in [-0.15, -0.1) is 0 Å². The van der Waals surface area contributed by atoms with E-state index in [9.17, 15) is 19.8 Å². The Balaban J connectivity index is 2.05. The molecule has 1 unspecified atom stereocenters. The van der Waals surface area contributed by atoms with Gasteiger partial charge in [-0.3, -0.25) is 9.59 Å². The fourth-order valence-corrected chi connectivity index (χ4v) is 3.63. The fraction of sp³-hybridized carbons (Fsp3) is 0.529. The molecule has 0 aromatic heterocycles. The van der Waals surface area contributed by atoms with E-state index in [0.29, 0.717) is 36.8 Å². The lowest BCUT2D eigenvalue weighted by Gasteiger charge is -2.34. The number of Topliss-reactive ketones (excluding diaryl/α,β-unsaturated/α-hetero) is 1. The molecule has 1 amide bonds. The van der Waals surface area contributed by atoms with Crippen molar-refractivity contribution in [3.05, 3.63) is 34.9 Å². The highest BCUT2D eigenvalue weighted by atomic mass is 16.3. The van der Waals surface area contributed by atoms with E-state index in [2.05, 4.69) is 5.32 Å². The Morgan fingerprint density at radius 2 is 1.82 bits per heavy atom. The van der Waals surface area contributed by atoms with Crippen LogP contribution in [0.15, 0.2) is 18.2 Å². The van der Waals surface area contributed by atoms with Gasteiger partial charge in [0, 0.05) is 5.56 Å². The van der Waals surface area contributed by atoms with Crippen molar-refractivity contribution in [2.24, 2.45) is 0 Å². The third-order valence-corrected chi connectivity index (χ3v) is 5.04. The van der Waals surface area contributed by atoms with Crippen LogP contribution in [0.1, 0.15) is 42.4 Å². The zero-order chi connectivity index (χ0) is 16.1. The van der Waals surface area contributed by atoms with Crippen LogP contribution < -0.4 is 5.32 Å². The Morgan fingerprint density at radius 3 is 2.45 bits per heavy atom. The molecule has 1 heterocycles. The number of aliphatic hydroxyl groups excluding tert-OH is 1. The van der Waals surface area contributed by atoms with Crippen LogP contribution in [0.2, 0.25) is 0 Å². The molecule has 5 heteroatoms. The van der Waals surface area contributed by atoms with Gasteiger partial charge in [0.25, 0.3) is 5.91 Å². The van der Waals surface area contributed by atoms with E-state index in [1.165, 1.54) is 0 Å². The largest absolute Gasteiger partial charge is 0.393 e. The van der Waals surface area contributed by atoms with Gasteiger partial charge in [0.15, 0.2) is 0 Å². The molecule has 1 saturated carbocycles. The molecule has 1 atom stereocenters. The summed E-state index contributed by atoms with van der Waals surface area (Å²) in [6, 6.07) is 5.38. The molecule has 0 radical (unpaired) electrons. The van der Waals surface area contributed by atoms with Gasteiger partial charge in [-0.1, -0.05) is 23.8 Å². The van der Waals surface area contributed by atoms with Crippen LogP contribution in [-0.4, -0.2) is 33.5 Å². The van der Waals surface area contributed by atoms with Gasteiger partial charge < -0.3 is 15.5 Å². The minimum Gasteiger partial charge on any atom is -0.393 e. The van der Waals surface area contributed by atoms with Crippen molar-refractivity contribution >= 4 is 11.7 Å². The molecule has 1 aromatic carbocycles. The summed E-state index contributed by atoms with van der Waals surface area (Å²) in [5, 5.41) is 23.3. The first-order valence-corrected chi connectivity index (χ1v) is 7.65. The number of rotatable bonds is 1. The van der Waals surface area contributed by atoms with Gasteiger partial charge in [-0.2, -0.15) is 0 Å². The fourth-order valence-electron chi connectivity index (χ4n) is 3.63. The van der Waals surface area contributed by atoms with E-state index in [0.717, 1.165) is 5.56 Å². The summed E-state index contributed by atoms with van der Waals surface area (Å²) in [5.74, 6) is -1.13. The van der Waals surface area contributed by atoms with E-state index < -0.39 is 28.9 Å². The molecule has 5 nitrogen and oxygen atoms in total. The van der Waals surface area contributed by atoms with Gasteiger partial charge in [0.1, 0.15) is 5.54 Å². The van der Waals surface area contributed by atoms with E-state index in [-0.39, 0.29) is 0 Å². The lowest BCUT2D eigenvalue weighted by atomic mass is 9.74. The number of nitrogens with one attached hydrogen (secondary N) is 1. The number of benzene rings is 1. The summed E-state index contributed by atoms with van der Waals surface area (Å²) < 4.78 is 0. The Hall–Kier alpha value is -1.72. The molecule has 2 fully saturated rings. The minimum atomic E-state index is -2.13. The summed E-state index contributed by atoms with van der Waals surface area (Å²) in [4.78, 5) is 25.5. The zero-order valence-corrected chi connectivity index (χ0v) is 12.8. The molecule has 1 aromatic rings. The van der Waals surface area contributed by atoms with Crippen molar-refractivity contribution in [2.45, 2.75) is 56.8 Å². The number of ketones is 1. The third-order valence-electron chi connectivity index (χ3n) is 5.04. The summed E-state index contributed by atoms with van der Waals surface area (Å²) >= 11 is 0. The smallest absolute Gasteiger partial charge is 0.265 e. The third kappa shape index (κ3) is 2.00. The topological polar surface area (TPSA) is 86.6 Å². The molecule has 1 spiro atoms. The number of carbonyl (C=O) groups is 2. The first-order valence-electron chi connectivity index (χ1n) is 7.65. The second-order valence-corrected chi connectivity index (χ2v) is 6.63. The van der Waals surface area contributed by atoms with Crippen molar-refractivity contribution < 1.29 is 19.8 Å². The molecule has 1 saturated heterocycles. The van der Waals surface area contributed by atoms with Gasteiger partial charge in [-0.05, 0) is 45.1 Å². The number of amides is 1. The van der Waals surface area contributed by atoms with E-state index in [1.807, 2.05) is 13.0 Å². The summed E-state index contributed by atoms with van der Waals surface area (Å²) in [5.41, 5.74) is -1.21. The Bertz CT molecular complexity index is 646. The molecule has 3 N–H and O–H groups in total. The molecule has 1 aliphatic heterocycles. The normalized spacial score (nSPS) is 35.0. The maximum atomic E-state index is 13.0. The molecule has 2 aliphatic rings. The SMILES string of the molecule is Cc1ccc(C)c(C2(O)C(=O)NC3(CCC(O)CC3)C2=O)c1. The maximum Gasteiger partial charge on any atom is 0.265 e. The highest BCUT2D eigenvalue weighted by Crippen LogP contribution is 2.42. The van der Waals surface area contributed by atoms with Crippen LogP contribution in [0.4, 0.5) is 0 Å². The number of carbonyl (C=O) groups excluding carboxylic acids is 2. The average Bonchev–Trinajstić information content (AvgIpc) is 2.67. The van der Waals surface area contributed by atoms with Crippen LogP contribution in [0.25, 0.3) is 0 Å². The van der Waals surface area contributed by atoms with Crippen LogP contribution in [-0.2, 0) is 15.2 Å². The quantitative estimate of drug-likeness (QED) is 0.672. The van der Waals surface area contributed by atoms with Crippen LogP contribution >= 0.6 is 0 Å². The van der Waals surface area contributed by atoms with Gasteiger partial charge >= 0.3 is 0 Å². The lowest BCUT2D eigenvalue weighted by molar-refractivity contribution is -0.147. The standard InChI is InChI=1S/C17H21NO4/c1-10-3-4-11(2)13(9-10)17(22)14(20)16(18-15(17)21)7-5-12(19)6-8-16/h3-4,9,12,19,22H,5-8H2,1-2H3,(H,18,21). The predicted molar refractivity (Wildman–Crippen MR) is 80.2 cm³/mol. The number of aliphatic hydroxyl groups is 2.